The summed E-state index contributed by atoms with van der Waals surface area (Å²) in [6.45, 7) is 4.60. The van der Waals surface area contributed by atoms with Crippen LogP contribution in [0.4, 0.5) is 0 Å². The normalized spacial score (nSPS) is 11.0. The lowest BCUT2D eigenvalue weighted by molar-refractivity contribution is 0.306. The third-order valence-electron chi connectivity index (χ3n) is 4.91. The lowest BCUT2D eigenvalue weighted by Crippen LogP contribution is -2.01. The summed E-state index contributed by atoms with van der Waals surface area (Å²) in [5, 5.41) is 3.01. The Morgan fingerprint density at radius 1 is 0.750 bits per heavy atom. The summed E-state index contributed by atoms with van der Waals surface area (Å²) in [4.78, 5) is 4.73. The first-order valence-corrected chi connectivity index (χ1v) is 9.79. The first-order valence-electron chi connectivity index (χ1n) is 9.41. The van der Waals surface area contributed by atoms with E-state index in [1.165, 1.54) is 11.1 Å². The third kappa shape index (κ3) is 4.02. The molecule has 0 amide bonds. The molecule has 3 heteroatoms. The zero-order valence-corrected chi connectivity index (χ0v) is 16.8. The van der Waals surface area contributed by atoms with Crippen LogP contribution in [-0.4, -0.2) is 4.98 Å². The first-order chi connectivity index (χ1) is 13.6. The number of aromatic nitrogens is 1. The van der Waals surface area contributed by atoms with Gasteiger partial charge in [0.2, 0.25) is 0 Å². The smallest absolute Gasteiger partial charge is 0.148 e. The Kier molecular flexibility index (Phi) is 5.31. The van der Waals surface area contributed by atoms with Crippen LogP contribution in [0.15, 0.2) is 72.8 Å². The van der Waals surface area contributed by atoms with Gasteiger partial charge in [0.15, 0.2) is 0 Å². The van der Waals surface area contributed by atoms with E-state index in [2.05, 4.69) is 43.3 Å². The van der Waals surface area contributed by atoms with E-state index in [9.17, 15) is 0 Å². The highest BCUT2D eigenvalue weighted by atomic mass is 35.5. The van der Waals surface area contributed by atoms with Gasteiger partial charge in [-0.1, -0.05) is 66.2 Å². The molecule has 1 aromatic heterocycles. The number of hydrogen-bond acceptors (Lipinski definition) is 2. The monoisotopic (exact) mass is 387 g/mol. The van der Waals surface area contributed by atoms with Gasteiger partial charge in [0.1, 0.15) is 12.4 Å². The van der Waals surface area contributed by atoms with E-state index in [0.29, 0.717) is 6.61 Å². The molecule has 4 rings (SSSR count). The molecule has 28 heavy (non-hydrogen) atoms. The van der Waals surface area contributed by atoms with Crippen molar-refractivity contribution in [2.75, 3.05) is 0 Å². The van der Waals surface area contributed by atoms with E-state index in [1.807, 2.05) is 43.3 Å². The van der Waals surface area contributed by atoms with Gasteiger partial charge in [-0.05, 0) is 55.2 Å². The third-order valence-corrected chi connectivity index (χ3v) is 5.14. The minimum atomic E-state index is 0.534. The maximum Gasteiger partial charge on any atom is 0.148 e. The summed E-state index contributed by atoms with van der Waals surface area (Å²) in [6.07, 6.45) is 0.837. The molecule has 0 aliphatic rings. The van der Waals surface area contributed by atoms with Crippen molar-refractivity contribution in [1.29, 1.82) is 0 Å². The number of ether oxygens (including phenoxy) is 1. The van der Waals surface area contributed by atoms with Crippen molar-refractivity contribution in [3.8, 4) is 5.75 Å². The summed E-state index contributed by atoms with van der Waals surface area (Å²) in [5.41, 5.74) is 5.52. The highest BCUT2D eigenvalue weighted by Gasteiger charge is 2.12. The van der Waals surface area contributed by atoms with E-state index < -0.39 is 0 Å². The molecule has 4 aromatic rings. The van der Waals surface area contributed by atoms with Crippen molar-refractivity contribution in [3.63, 3.8) is 0 Å². The highest BCUT2D eigenvalue weighted by Crippen LogP contribution is 2.32. The predicted molar refractivity (Wildman–Crippen MR) is 116 cm³/mol. The Balaban J connectivity index is 1.67. The highest BCUT2D eigenvalue weighted by molar-refractivity contribution is 6.30. The van der Waals surface area contributed by atoms with Crippen LogP contribution in [0.25, 0.3) is 10.8 Å². The van der Waals surface area contributed by atoms with Crippen molar-refractivity contribution in [3.05, 3.63) is 106 Å². The molecule has 0 aliphatic carbocycles. The molecule has 0 atom stereocenters. The van der Waals surface area contributed by atoms with E-state index in [1.54, 1.807) is 0 Å². The number of benzene rings is 3. The van der Waals surface area contributed by atoms with Crippen LogP contribution < -0.4 is 4.74 Å². The molecule has 0 fully saturated rings. The quantitative estimate of drug-likeness (QED) is 0.381. The van der Waals surface area contributed by atoms with Crippen molar-refractivity contribution >= 4 is 22.4 Å². The van der Waals surface area contributed by atoms with E-state index >= 15 is 0 Å². The van der Waals surface area contributed by atoms with Crippen LogP contribution in [0.2, 0.25) is 5.02 Å². The number of pyridine rings is 1. The number of rotatable bonds is 5. The standard InChI is InChI=1S/C25H22ClNO/c1-17-24-15-21(13-20-9-6-10-22(26)14-20)11-12-23(24)25(18(2)27-17)28-16-19-7-4-3-5-8-19/h3-12,14-15H,13,16H2,1-2H3. The van der Waals surface area contributed by atoms with Gasteiger partial charge in [0, 0.05) is 21.5 Å². The first kappa shape index (κ1) is 18.5. The van der Waals surface area contributed by atoms with Gasteiger partial charge < -0.3 is 4.74 Å². The summed E-state index contributed by atoms with van der Waals surface area (Å²) in [5.74, 6) is 0.860. The van der Waals surface area contributed by atoms with Gasteiger partial charge in [0.05, 0.1) is 5.69 Å². The van der Waals surface area contributed by atoms with Crippen LogP contribution >= 0.6 is 11.6 Å². The van der Waals surface area contributed by atoms with Crippen molar-refractivity contribution in [1.82, 2.24) is 4.98 Å². The lowest BCUT2D eigenvalue weighted by atomic mass is 10.00. The van der Waals surface area contributed by atoms with Gasteiger partial charge in [-0.3, -0.25) is 4.98 Å². The molecule has 0 radical (unpaired) electrons. The Hall–Kier alpha value is -2.84. The number of aryl methyl sites for hydroxylation is 2. The van der Waals surface area contributed by atoms with E-state index in [4.69, 9.17) is 21.3 Å². The predicted octanol–water partition coefficient (Wildman–Crippen LogP) is 6.67. The minimum absolute atomic E-state index is 0.534. The molecule has 0 N–H and O–H groups in total. The van der Waals surface area contributed by atoms with Gasteiger partial charge in [-0.15, -0.1) is 0 Å². The summed E-state index contributed by atoms with van der Waals surface area (Å²) < 4.78 is 6.19. The zero-order valence-electron chi connectivity index (χ0n) is 16.1. The van der Waals surface area contributed by atoms with E-state index in [0.717, 1.165) is 44.9 Å². The van der Waals surface area contributed by atoms with Crippen LogP contribution in [0, 0.1) is 13.8 Å². The maximum absolute atomic E-state index is 6.19. The molecule has 0 saturated carbocycles. The van der Waals surface area contributed by atoms with Crippen LogP contribution in [0.1, 0.15) is 28.1 Å². The Bertz CT molecular complexity index is 1120. The molecule has 140 valence electrons. The fourth-order valence-corrected chi connectivity index (χ4v) is 3.76. The number of nitrogens with zero attached hydrogens (tertiary/aromatic N) is 1. The summed E-state index contributed by atoms with van der Waals surface area (Å²) >= 11 is 6.13. The number of halogens is 1. The average Bonchev–Trinajstić information content (AvgIpc) is 2.69. The lowest BCUT2D eigenvalue weighted by Gasteiger charge is -2.15. The van der Waals surface area contributed by atoms with Crippen LogP contribution in [-0.2, 0) is 13.0 Å². The second-order valence-electron chi connectivity index (χ2n) is 7.07. The molecule has 0 spiro atoms. The van der Waals surface area contributed by atoms with Crippen LogP contribution in [0.3, 0.4) is 0 Å². The fraction of sp³-hybridized carbons (Fsp3) is 0.160. The van der Waals surface area contributed by atoms with Gasteiger partial charge in [0.25, 0.3) is 0 Å². The topological polar surface area (TPSA) is 22.1 Å². The largest absolute Gasteiger partial charge is 0.486 e. The van der Waals surface area contributed by atoms with Crippen molar-refractivity contribution < 1.29 is 4.74 Å². The molecule has 0 saturated heterocycles. The number of hydrogen-bond donors (Lipinski definition) is 0. The molecule has 3 aromatic carbocycles. The molecular weight excluding hydrogens is 366 g/mol. The molecule has 1 heterocycles. The second kappa shape index (κ2) is 8.04. The fourth-order valence-electron chi connectivity index (χ4n) is 3.55. The number of fused-ring (bicyclic) bond motifs is 1. The van der Waals surface area contributed by atoms with Gasteiger partial charge in [-0.25, -0.2) is 0 Å². The molecule has 2 nitrogen and oxygen atoms in total. The second-order valence-corrected chi connectivity index (χ2v) is 7.51. The zero-order chi connectivity index (χ0) is 19.5. The summed E-state index contributed by atoms with van der Waals surface area (Å²) in [7, 11) is 0. The van der Waals surface area contributed by atoms with Gasteiger partial charge >= 0.3 is 0 Å². The van der Waals surface area contributed by atoms with Crippen molar-refractivity contribution in [2.45, 2.75) is 26.9 Å². The van der Waals surface area contributed by atoms with E-state index in [-0.39, 0.29) is 0 Å². The Morgan fingerprint density at radius 3 is 2.29 bits per heavy atom. The molecular formula is C25H22ClNO. The van der Waals surface area contributed by atoms with Crippen molar-refractivity contribution in [2.24, 2.45) is 0 Å². The Labute approximate surface area is 170 Å². The maximum atomic E-state index is 6.19. The average molecular weight is 388 g/mol. The van der Waals surface area contributed by atoms with Crippen LogP contribution in [0.5, 0.6) is 5.75 Å². The minimum Gasteiger partial charge on any atom is -0.486 e. The molecule has 0 unspecified atom stereocenters. The SMILES string of the molecule is Cc1nc(C)c2cc(Cc3cccc(Cl)c3)ccc2c1OCc1ccccc1. The molecule has 0 aliphatic heterocycles. The molecule has 0 bridgehead atoms. The Morgan fingerprint density at radius 2 is 1.50 bits per heavy atom. The van der Waals surface area contributed by atoms with Gasteiger partial charge in [-0.2, -0.15) is 0 Å². The summed E-state index contributed by atoms with van der Waals surface area (Å²) in [6, 6.07) is 24.7.